The fourth-order valence-electron chi connectivity index (χ4n) is 11.2. The highest BCUT2D eigenvalue weighted by molar-refractivity contribution is 5.87. The molecule has 0 aliphatic carbocycles. The van der Waals surface area contributed by atoms with E-state index in [1.54, 1.807) is 0 Å². The number of allylic oxidation sites excluding steroid dienone is 1. The highest BCUT2D eigenvalue weighted by Crippen LogP contribution is 2.51. The van der Waals surface area contributed by atoms with Gasteiger partial charge in [0.15, 0.2) is 17.9 Å². The summed E-state index contributed by atoms with van der Waals surface area (Å²) in [6.07, 6.45) is 25.8. The number of carbonyl (C=O) groups is 2. The van der Waals surface area contributed by atoms with E-state index in [-0.39, 0.29) is 61.8 Å². The summed E-state index contributed by atoms with van der Waals surface area (Å²) in [5.74, 6) is -1.86. The predicted molar refractivity (Wildman–Crippen MR) is 236 cm³/mol. The first-order valence-electron chi connectivity index (χ1n) is 24.7. The van der Waals surface area contributed by atoms with Crippen molar-refractivity contribution >= 4 is 17.8 Å². The van der Waals surface area contributed by atoms with Gasteiger partial charge in [0.2, 0.25) is 5.79 Å². The molecule has 61 heavy (non-hydrogen) atoms. The maximum absolute atomic E-state index is 14.4. The molecule has 5 saturated heterocycles. The van der Waals surface area contributed by atoms with Crippen molar-refractivity contribution < 1.29 is 38.7 Å². The third-order valence-electron chi connectivity index (χ3n) is 14.4. The molecule has 14 heteroatoms. The van der Waals surface area contributed by atoms with Crippen molar-refractivity contribution in [1.29, 1.82) is 0 Å². The zero-order valence-corrected chi connectivity index (χ0v) is 37.9. The van der Waals surface area contributed by atoms with E-state index in [0.29, 0.717) is 19.4 Å². The largest absolute Gasteiger partial charge is 0.462 e. The molecule has 7 N–H and O–H groups in total. The van der Waals surface area contributed by atoms with E-state index >= 15 is 0 Å². The van der Waals surface area contributed by atoms with Crippen LogP contribution in [0.3, 0.4) is 0 Å². The first kappa shape index (κ1) is 48.1. The van der Waals surface area contributed by atoms with Crippen LogP contribution in [0.25, 0.3) is 0 Å². The van der Waals surface area contributed by atoms with Crippen LogP contribution in [-0.2, 0) is 28.5 Å². The van der Waals surface area contributed by atoms with E-state index in [9.17, 15) is 19.8 Å². The number of aliphatic imine (C=N–C) groups is 1. The second-order valence-corrected chi connectivity index (χ2v) is 19.1. The molecular weight excluding hydrogens is 777 g/mol. The first-order valence-corrected chi connectivity index (χ1v) is 24.7. The van der Waals surface area contributed by atoms with E-state index in [4.69, 9.17) is 35.4 Å². The van der Waals surface area contributed by atoms with Gasteiger partial charge < -0.3 is 55.7 Å². The Hall–Kier alpha value is -2.33. The fraction of sp³-hybridized carbons (Fsp3) is 0.894. The lowest BCUT2D eigenvalue weighted by Gasteiger charge is -2.54. The molecular formula is C47H82N6O8. The summed E-state index contributed by atoms with van der Waals surface area (Å²) in [4.78, 5) is 36.5. The van der Waals surface area contributed by atoms with Crippen molar-refractivity contribution in [3.8, 4) is 0 Å². The first-order chi connectivity index (χ1) is 29.5. The van der Waals surface area contributed by atoms with Gasteiger partial charge in [-0.15, -0.1) is 0 Å². The minimum Gasteiger partial charge on any atom is -0.462 e. The Kier molecular flexibility index (Phi) is 17.8. The number of hydrogen-bond acceptors (Lipinski definition) is 13. The van der Waals surface area contributed by atoms with Gasteiger partial charge in [0, 0.05) is 25.4 Å². The van der Waals surface area contributed by atoms with Gasteiger partial charge in [-0.3, -0.25) is 9.59 Å². The van der Waals surface area contributed by atoms with Crippen LogP contribution in [0, 0.1) is 5.92 Å². The second kappa shape index (κ2) is 22.5. The van der Waals surface area contributed by atoms with Crippen molar-refractivity contribution in [2.75, 3.05) is 19.6 Å². The van der Waals surface area contributed by atoms with Gasteiger partial charge in [-0.2, -0.15) is 0 Å². The molecule has 0 aromatic heterocycles. The summed E-state index contributed by atoms with van der Waals surface area (Å²) in [5, 5.41) is 25.3. The average Bonchev–Trinajstić information content (AvgIpc) is 3.83. The van der Waals surface area contributed by atoms with Gasteiger partial charge in [-0.25, -0.2) is 4.99 Å². The Morgan fingerprint density at radius 1 is 0.951 bits per heavy atom. The van der Waals surface area contributed by atoms with Gasteiger partial charge in [-0.05, 0) is 103 Å². The van der Waals surface area contributed by atoms with E-state index in [1.165, 1.54) is 37.0 Å². The molecule has 5 fully saturated rings. The van der Waals surface area contributed by atoms with Gasteiger partial charge in [0.25, 0.3) is 5.91 Å². The highest BCUT2D eigenvalue weighted by atomic mass is 16.7. The number of nitrogens with one attached hydrogen (secondary N) is 1. The normalized spacial score (nSPS) is 35.2. The number of aliphatic hydroxyl groups excluding tert-OH is 1. The van der Waals surface area contributed by atoms with Gasteiger partial charge in [-0.1, -0.05) is 90.2 Å². The quantitative estimate of drug-likeness (QED) is 0.0417. The number of morpholine rings is 1. The zero-order chi connectivity index (χ0) is 43.5. The van der Waals surface area contributed by atoms with Gasteiger partial charge in [0.1, 0.15) is 23.9 Å². The fourth-order valence-corrected chi connectivity index (χ4v) is 11.2. The smallest absolute Gasteiger partial charge is 0.316 e. The molecule has 6 heterocycles. The summed E-state index contributed by atoms with van der Waals surface area (Å²) >= 11 is 0. The third-order valence-corrected chi connectivity index (χ3v) is 14.4. The molecule has 1 amide bonds. The summed E-state index contributed by atoms with van der Waals surface area (Å²) in [5.41, 5.74) is 9.97. The standard InChI is InChI=1S/C47H82N6O8/c1-4-6-21-37-26-28-45(60-37)33-35-24-25-38-40(46(27-18-20-34(3)59-46)51-44(50-45)53(35)38)42(55)58-36(5-2)22-16-14-12-10-8-7-9-11-13-15-17-23-39-41(54)52(32-19-30-48)43(56)47(57,61-39)29-31-49/h6,21,34-40,43,56-57H,4-5,7-20,22-33,48-49H2,1-3H3,(H,50,51)/b21-6+/t34-,35+,36?,37+,38-,39-,40-,43-,45+,46-,47+/m0/s1. The maximum atomic E-state index is 14.4. The minimum atomic E-state index is -1.85. The Morgan fingerprint density at radius 2 is 1.67 bits per heavy atom. The summed E-state index contributed by atoms with van der Waals surface area (Å²) < 4.78 is 25.7. The lowest BCUT2D eigenvalue weighted by atomic mass is 9.80. The number of esters is 1. The Bertz CT molecular complexity index is 1470. The Balaban J connectivity index is 0.884. The van der Waals surface area contributed by atoms with Crippen LogP contribution in [0.2, 0.25) is 0 Å². The number of aliphatic hydroxyl groups is 2. The van der Waals surface area contributed by atoms with Crippen LogP contribution in [0.15, 0.2) is 17.1 Å². The molecule has 6 rings (SSSR count). The van der Waals surface area contributed by atoms with Crippen molar-refractivity contribution in [3.63, 3.8) is 0 Å². The molecule has 14 nitrogen and oxygen atoms in total. The number of unbranched alkanes of at least 4 members (excludes halogenated alkanes) is 10. The molecule has 0 bridgehead atoms. The molecule has 0 radical (unpaired) electrons. The second-order valence-electron chi connectivity index (χ2n) is 19.1. The zero-order valence-electron chi connectivity index (χ0n) is 37.9. The predicted octanol–water partition coefficient (Wildman–Crippen LogP) is 6.25. The van der Waals surface area contributed by atoms with Crippen LogP contribution >= 0.6 is 0 Å². The highest BCUT2D eigenvalue weighted by Gasteiger charge is 2.62. The molecule has 6 aliphatic rings. The number of hydrogen-bond donors (Lipinski definition) is 5. The Morgan fingerprint density at radius 3 is 2.34 bits per heavy atom. The van der Waals surface area contributed by atoms with Crippen molar-refractivity contribution in [2.45, 2.75) is 241 Å². The Labute approximate surface area is 366 Å². The van der Waals surface area contributed by atoms with Crippen molar-refractivity contribution in [2.24, 2.45) is 22.4 Å². The van der Waals surface area contributed by atoms with Crippen LogP contribution in [0.4, 0.5) is 0 Å². The lowest BCUT2D eigenvalue weighted by molar-refractivity contribution is -0.325. The van der Waals surface area contributed by atoms with Crippen LogP contribution in [-0.4, -0.2) is 117 Å². The average molecular weight is 859 g/mol. The number of nitrogens with zero attached hydrogens (tertiary/aromatic N) is 3. The van der Waals surface area contributed by atoms with E-state index < -0.39 is 35.5 Å². The van der Waals surface area contributed by atoms with E-state index in [2.05, 4.69) is 43.1 Å². The number of guanidine groups is 1. The van der Waals surface area contributed by atoms with Gasteiger partial charge >= 0.3 is 5.97 Å². The number of ether oxygens (including phenoxy) is 4. The molecule has 0 saturated carbocycles. The number of carbonyl (C=O) groups excluding carboxylic acids is 2. The third kappa shape index (κ3) is 11.7. The van der Waals surface area contributed by atoms with E-state index in [0.717, 1.165) is 115 Å². The maximum Gasteiger partial charge on any atom is 0.316 e. The van der Waals surface area contributed by atoms with E-state index in [1.807, 2.05) is 0 Å². The van der Waals surface area contributed by atoms with Crippen molar-refractivity contribution in [1.82, 2.24) is 15.1 Å². The molecule has 1 unspecified atom stereocenters. The van der Waals surface area contributed by atoms with Crippen molar-refractivity contribution in [3.05, 3.63) is 12.2 Å². The molecule has 6 aliphatic heterocycles. The lowest BCUT2D eigenvalue weighted by Crippen LogP contribution is -2.70. The van der Waals surface area contributed by atoms with Crippen LogP contribution in [0.1, 0.15) is 181 Å². The SMILES string of the molecule is CC/C=C/[C@@H]1CC[C@]2(C[C@H]3CC[C@H]4[C@@H](C(=O)OC(CC)CCCCCCCCCCCCC[C@@H]5O[C@](O)(CCN)[C@H](O)N(CCCN)C5=O)[C@@]5(CCC[C@H](C)O5)N=C(N2)N34)O1. The summed E-state index contributed by atoms with van der Waals surface area (Å²) in [7, 11) is 0. The van der Waals surface area contributed by atoms with Gasteiger partial charge in [0.05, 0.1) is 18.2 Å². The molecule has 2 spiro atoms. The molecule has 11 atom stereocenters. The van der Waals surface area contributed by atoms with Crippen LogP contribution in [0.5, 0.6) is 0 Å². The number of amides is 1. The van der Waals surface area contributed by atoms with Crippen LogP contribution < -0.4 is 16.8 Å². The number of rotatable bonds is 24. The molecule has 348 valence electrons. The molecule has 0 aromatic carbocycles. The summed E-state index contributed by atoms with van der Waals surface area (Å²) in [6.45, 7) is 7.20. The molecule has 0 aromatic rings. The number of nitrogens with two attached hydrogens (primary N) is 2. The topological polar surface area (TPSA) is 194 Å². The summed E-state index contributed by atoms with van der Waals surface area (Å²) in [6, 6.07) is 0.299. The monoisotopic (exact) mass is 859 g/mol. The minimum absolute atomic E-state index is 0.00939.